The van der Waals surface area contributed by atoms with Crippen LogP contribution in [0.25, 0.3) is 0 Å². The Labute approximate surface area is 86.8 Å². The predicted octanol–water partition coefficient (Wildman–Crippen LogP) is 0.474. The van der Waals surface area contributed by atoms with Gasteiger partial charge in [0, 0.05) is 19.1 Å². The molecule has 0 radical (unpaired) electrons. The molecule has 1 aromatic heterocycles. The Hall–Kier alpha value is -0.910. The zero-order valence-corrected chi connectivity index (χ0v) is 8.91. The molecule has 0 saturated carbocycles. The third-order valence-corrected chi connectivity index (χ3v) is 2.50. The van der Waals surface area contributed by atoms with Crippen LogP contribution < -0.4 is 5.11 Å². The highest BCUT2D eigenvalue weighted by Gasteiger charge is 2.02. The van der Waals surface area contributed by atoms with Gasteiger partial charge in [0.25, 0.3) is 0 Å². The van der Waals surface area contributed by atoms with Crippen molar-refractivity contribution in [1.82, 2.24) is 0 Å². The summed E-state index contributed by atoms with van der Waals surface area (Å²) >= 11 is 1.37. The first-order chi connectivity index (χ1) is 6.77. The van der Waals surface area contributed by atoms with Crippen LogP contribution in [0.4, 0.5) is 0 Å². The van der Waals surface area contributed by atoms with Gasteiger partial charge >= 0.3 is 0 Å². The highest BCUT2D eigenvalue weighted by molar-refractivity contribution is 7.12. The van der Waals surface area contributed by atoms with Crippen molar-refractivity contribution >= 4 is 17.2 Å². The largest absolute Gasteiger partial charge is 0.858 e. The molecule has 0 amide bonds. The van der Waals surface area contributed by atoms with Gasteiger partial charge in [-0.2, -0.15) is 0 Å². The van der Waals surface area contributed by atoms with Crippen LogP contribution in [0.5, 0.6) is 0 Å². The van der Waals surface area contributed by atoms with Crippen molar-refractivity contribution in [2.45, 2.75) is 6.29 Å². The Balaban J connectivity index is 2.52. The minimum absolute atomic E-state index is 0.223. The third-order valence-electron chi connectivity index (χ3n) is 1.64. The number of hydrogen-bond acceptors (Lipinski definition) is 5. The minimum Gasteiger partial charge on any atom is -0.858 e. The van der Waals surface area contributed by atoms with Crippen LogP contribution in [0, 0.1) is 0 Å². The molecule has 0 aliphatic heterocycles. The SMILES string of the molecule is COC(CN=C([O-])c1cccs1)OC. The molecule has 1 aromatic rings. The summed E-state index contributed by atoms with van der Waals surface area (Å²) in [5.74, 6) is -0.223. The lowest BCUT2D eigenvalue weighted by Crippen LogP contribution is -2.23. The van der Waals surface area contributed by atoms with Gasteiger partial charge in [-0.15, -0.1) is 11.3 Å². The van der Waals surface area contributed by atoms with Gasteiger partial charge in [0.05, 0.1) is 6.54 Å². The first kappa shape index (κ1) is 11.2. The van der Waals surface area contributed by atoms with Crippen LogP contribution in [-0.2, 0) is 9.47 Å². The number of rotatable bonds is 5. The Kier molecular flexibility index (Phi) is 4.58. The van der Waals surface area contributed by atoms with Crippen molar-refractivity contribution in [3.05, 3.63) is 22.4 Å². The molecule has 14 heavy (non-hydrogen) atoms. The third kappa shape index (κ3) is 3.10. The van der Waals surface area contributed by atoms with E-state index in [0.29, 0.717) is 4.88 Å². The Morgan fingerprint density at radius 1 is 1.57 bits per heavy atom. The van der Waals surface area contributed by atoms with Crippen molar-refractivity contribution in [2.75, 3.05) is 20.8 Å². The second-order valence-corrected chi connectivity index (χ2v) is 3.47. The summed E-state index contributed by atoms with van der Waals surface area (Å²) in [4.78, 5) is 4.47. The van der Waals surface area contributed by atoms with E-state index < -0.39 is 6.29 Å². The van der Waals surface area contributed by atoms with Crippen molar-refractivity contribution in [2.24, 2.45) is 4.99 Å². The lowest BCUT2D eigenvalue weighted by Gasteiger charge is -2.13. The average Bonchev–Trinajstić information content (AvgIpc) is 2.72. The normalized spacial score (nSPS) is 12.4. The number of nitrogens with zero attached hydrogens (tertiary/aromatic N) is 1. The molecule has 0 spiro atoms. The van der Waals surface area contributed by atoms with Crippen molar-refractivity contribution < 1.29 is 14.6 Å². The molecule has 0 aromatic carbocycles. The number of ether oxygens (including phenoxy) is 2. The van der Waals surface area contributed by atoms with Gasteiger partial charge in [-0.1, -0.05) is 6.07 Å². The number of methoxy groups -OCH3 is 2. The van der Waals surface area contributed by atoms with E-state index in [-0.39, 0.29) is 12.4 Å². The number of aliphatic imine (C=N–C) groups is 1. The standard InChI is InChI=1S/C9H13NO3S/c1-12-8(13-2)6-10-9(11)7-4-3-5-14-7/h3-5,8H,6H2,1-2H3,(H,10,11)/p-1. The summed E-state index contributed by atoms with van der Waals surface area (Å²) in [6.07, 6.45) is -0.445. The molecule has 4 nitrogen and oxygen atoms in total. The zero-order valence-electron chi connectivity index (χ0n) is 8.10. The summed E-state index contributed by atoms with van der Waals surface area (Å²) in [7, 11) is 3.03. The van der Waals surface area contributed by atoms with E-state index in [2.05, 4.69) is 4.99 Å². The second kappa shape index (κ2) is 5.74. The van der Waals surface area contributed by atoms with Gasteiger partial charge in [-0.25, -0.2) is 0 Å². The molecule has 0 saturated heterocycles. The van der Waals surface area contributed by atoms with Gasteiger partial charge in [0.1, 0.15) is 0 Å². The fourth-order valence-corrected chi connectivity index (χ4v) is 1.51. The minimum atomic E-state index is -0.445. The van der Waals surface area contributed by atoms with E-state index in [1.807, 2.05) is 11.4 Å². The van der Waals surface area contributed by atoms with Crippen molar-refractivity contribution in [3.8, 4) is 0 Å². The summed E-state index contributed by atoms with van der Waals surface area (Å²) in [6.45, 7) is 0.226. The first-order valence-electron chi connectivity index (χ1n) is 4.09. The molecule has 0 aliphatic carbocycles. The first-order valence-corrected chi connectivity index (χ1v) is 4.96. The van der Waals surface area contributed by atoms with Crippen LogP contribution in [-0.4, -0.2) is 33.0 Å². The molecule has 1 heterocycles. The second-order valence-electron chi connectivity index (χ2n) is 2.52. The van der Waals surface area contributed by atoms with E-state index in [1.165, 1.54) is 25.6 Å². The van der Waals surface area contributed by atoms with Crippen LogP contribution in [0.1, 0.15) is 4.88 Å². The Morgan fingerprint density at radius 2 is 2.29 bits per heavy atom. The fourth-order valence-electron chi connectivity index (χ4n) is 0.881. The van der Waals surface area contributed by atoms with E-state index >= 15 is 0 Å². The van der Waals surface area contributed by atoms with Gasteiger partial charge in [-0.3, -0.25) is 4.99 Å². The van der Waals surface area contributed by atoms with Gasteiger partial charge < -0.3 is 14.6 Å². The molecular formula is C9H12NO3S-. The van der Waals surface area contributed by atoms with Crippen molar-refractivity contribution in [3.63, 3.8) is 0 Å². The fraction of sp³-hybridized carbons (Fsp3) is 0.444. The Morgan fingerprint density at radius 3 is 2.79 bits per heavy atom. The predicted molar refractivity (Wildman–Crippen MR) is 53.5 cm³/mol. The van der Waals surface area contributed by atoms with E-state index in [1.54, 1.807) is 6.07 Å². The molecule has 0 unspecified atom stereocenters. The number of thiophene rings is 1. The van der Waals surface area contributed by atoms with E-state index in [4.69, 9.17) is 9.47 Å². The topological polar surface area (TPSA) is 53.9 Å². The molecular weight excluding hydrogens is 202 g/mol. The zero-order chi connectivity index (χ0) is 10.4. The molecule has 5 heteroatoms. The van der Waals surface area contributed by atoms with Crippen LogP contribution in [0.3, 0.4) is 0 Å². The quantitative estimate of drug-likeness (QED) is 0.407. The Bertz CT molecular complexity index is 280. The molecule has 0 bridgehead atoms. The molecule has 1 rings (SSSR count). The lowest BCUT2D eigenvalue weighted by atomic mass is 10.4. The molecule has 0 fully saturated rings. The monoisotopic (exact) mass is 214 g/mol. The van der Waals surface area contributed by atoms with Gasteiger partial charge in [0.2, 0.25) is 0 Å². The maximum absolute atomic E-state index is 11.4. The van der Waals surface area contributed by atoms with Crippen LogP contribution >= 0.6 is 11.3 Å². The highest BCUT2D eigenvalue weighted by Crippen LogP contribution is 2.07. The molecule has 0 atom stereocenters. The van der Waals surface area contributed by atoms with Crippen LogP contribution in [0.15, 0.2) is 22.5 Å². The summed E-state index contributed by atoms with van der Waals surface area (Å²) in [5.41, 5.74) is 0. The smallest absolute Gasteiger partial charge is 0.176 e. The maximum atomic E-state index is 11.4. The highest BCUT2D eigenvalue weighted by atomic mass is 32.1. The molecule has 78 valence electrons. The maximum Gasteiger partial charge on any atom is 0.176 e. The summed E-state index contributed by atoms with van der Waals surface area (Å²) < 4.78 is 9.80. The number of hydrogen-bond donors (Lipinski definition) is 0. The van der Waals surface area contributed by atoms with Crippen LogP contribution in [0.2, 0.25) is 0 Å². The van der Waals surface area contributed by atoms with Gasteiger partial charge in [-0.05, 0) is 17.3 Å². The molecule has 0 N–H and O–H groups in total. The summed E-state index contributed by atoms with van der Waals surface area (Å²) in [5, 5.41) is 13.2. The summed E-state index contributed by atoms with van der Waals surface area (Å²) in [6, 6.07) is 3.56. The lowest BCUT2D eigenvalue weighted by molar-refractivity contribution is -0.213. The van der Waals surface area contributed by atoms with E-state index in [9.17, 15) is 5.11 Å². The molecule has 0 aliphatic rings. The van der Waals surface area contributed by atoms with Crippen molar-refractivity contribution in [1.29, 1.82) is 0 Å². The van der Waals surface area contributed by atoms with E-state index in [0.717, 1.165) is 0 Å². The average molecular weight is 214 g/mol. The van der Waals surface area contributed by atoms with Gasteiger partial charge in [0.15, 0.2) is 6.29 Å².